The van der Waals surface area contributed by atoms with Crippen molar-refractivity contribution in [3.8, 4) is 0 Å². The van der Waals surface area contributed by atoms with E-state index >= 15 is 0 Å². The van der Waals surface area contributed by atoms with Gasteiger partial charge in [0, 0.05) is 18.6 Å². The highest BCUT2D eigenvalue weighted by atomic mass is 16.1. The summed E-state index contributed by atoms with van der Waals surface area (Å²) in [4.78, 5) is 14.1. The zero-order valence-corrected chi connectivity index (χ0v) is 11.1. The van der Waals surface area contributed by atoms with Crippen LogP contribution in [0.5, 0.6) is 0 Å². The molecule has 0 aromatic rings. The third-order valence-electron chi connectivity index (χ3n) is 3.76. The van der Waals surface area contributed by atoms with Crippen molar-refractivity contribution in [2.75, 3.05) is 33.7 Å². The van der Waals surface area contributed by atoms with Gasteiger partial charge in [-0.05, 0) is 40.4 Å². The number of nitrogens with zero attached hydrogens (tertiary/aromatic N) is 1. The van der Waals surface area contributed by atoms with Crippen LogP contribution in [-0.2, 0) is 4.79 Å². The van der Waals surface area contributed by atoms with Gasteiger partial charge in [0.1, 0.15) is 0 Å². The maximum atomic E-state index is 12.0. The average molecular weight is 227 g/mol. The van der Waals surface area contributed by atoms with Gasteiger partial charge < -0.3 is 15.5 Å². The smallest absolute Gasteiger partial charge is 0.224 e. The Labute approximate surface area is 98.8 Å². The zero-order valence-electron chi connectivity index (χ0n) is 11.1. The van der Waals surface area contributed by atoms with Crippen LogP contribution in [-0.4, -0.2) is 50.1 Å². The fourth-order valence-corrected chi connectivity index (χ4v) is 1.75. The van der Waals surface area contributed by atoms with E-state index < -0.39 is 0 Å². The van der Waals surface area contributed by atoms with E-state index in [4.69, 9.17) is 0 Å². The van der Waals surface area contributed by atoms with Gasteiger partial charge in [0.15, 0.2) is 0 Å². The van der Waals surface area contributed by atoms with E-state index in [1.807, 2.05) is 14.1 Å². The summed E-state index contributed by atoms with van der Waals surface area (Å²) in [5, 5.41) is 6.31. The van der Waals surface area contributed by atoms with Crippen molar-refractivity contribution in [1.82, 2.24) is 15.5 Å². The maximum absolute atomic E-state index is 12.0. The predicted octanol–water partition coefficient (Wildman–Crippen LogP) is 0.298. The monoisotopic (exact) mass is 227 g/mol. The van der Waals surface area contributed by atoms with Crippen LogP contribution in [0.1, 0.15) is 20.8 Å². The molecule has 0 aromatic heterocycles. The van der Waals surface area contributed by atoms with Crippen LogP contribution in [0.3, 0.4) is 0 Å². The molecule has 1 heterocycles. The van der Waals surface area contributed by atoms with Crippen LogP contribution in [0.4, 0.5) is 0 Å². The van der Waals surface area contributed by atoms with Crippen molar-refractivity contribution in [2.24, 2.45) is 11.8 Å². The number of hydrogen-bond donors (Lipinski definition) is 2. The topological polar surface area (TPSA) is 44.4 Å². The molecule has 0 aliphatic carbocycles. The van der Waals surface area contributed by atoms with Crippen LogP contribution in [0.25, 0.3) is 0 Å². The van der Waals surface area contributed by atoms with E-state index in [1.165, 1.54) is 0 Å². The van der Waals surface area contributed by atoms with Crippen molar-refractivity contribution in [3.05, 3.63) is 0 Å². The fourth-order valence-electron chi connectivity index (χ4n) is 1.75. The number of amides is 1. The number of rotatable bonds is 4. The molecule has 0 radical (unpaired) electrons. The highest BCUT2D eigenvalue weighted by Gasteiger charge is 2.30. The van der Waals surface area contributed by atoms with Crippen molar-refractivity contribution in [3.63, 3.8) is 0 Å². The van der Waals surface area contributed by atoms with Crippen molar-refractivity contribution >= 4 is 5.91 Å². The highest BCUT2D eigenvalue weighted by Crippen LogP contribution is 2.16. The van der Waals surface area contributed by atoms with Gasteiger partial charge >= 0.3 is 0 Å². The molecule has 1 aliphatic heterocycles. The highest BCUT2D eigenvalue weighted by molar-refractivity contribution is 5.79. The molecule has 2 N–H and O–H groups in total. The predicted molar refractivity (Wildman–Crippen MR) is 66.3 cm³/mol. The Kier molecular flexibility index (Phi) is 4.33. The first-order chi connectivity index (χ1) is 7.34. The Morgan fingerprint density at radius 2 is 2.06 bits per heavy atom. The Bertz CT molecular complexity index is 251. The van der Waals surface area contributed by atoms with Crippen LogP contribution < -0.4 is 10.6 Å². The summed E-state index contributed by atoms with van der Waals surface area (Å²) in [5.41, 5.74) is 0.00489. The Morgan fingerprint density at radius 3 is 2.50 bits per heavy atom. The van der Waals surface area contributed by atoms with Gasteiger partial charge in [-0.25, -0.2) is 0 Å². The number of carbonyl (C=O) groups is 1. The number of likely N-dealkylation sites (N-methyl/N-ethyl adjacent to an activating group) is 1. The van der Waals surface area contributed by atoms with Crippen LogP contribution in [0, 0.1) is 11.8 Å². The first-order valence-electron chi connectivity index (χ1n) is 6.00. The lowest BCUT2D eigenvalue weighted by Crippen LogP contribution is -2.49. The lowest BCUT2D eigenvalue weighted by Gasteiger charge is -2.33. The Hall–Kier alpha value is -0.610. The van der Waals surface area contributed by atoms with Gasteiger partial charge in [-0.2, -0.15) is 0 Å². The van der Waals surface area contributed by atoms with Gasteiger partial charge in [-0.15, -0.1) is 0 Å². The van der Waals surface area contributed by atoms with Gasteiger partial charge in [-0.3, -0.25) is 4.79 Å². The molecule has 0 saturated carbocycles. The molecule has 0 bridgehead atoms. The first-order valence-corrected chi connectivity index (χ1v) is 6.00. The lowest BCUT2D eigenvalue weighted by molar-refractivity contribution is -0.125. The summed E-state index contributed by atoms with van der Waals surface area (Å²) in [5.74, 6) is 0.771. The maximum Gasteiger partial charge on any atom is 0.224 e. The zero-order chi connectivity index (χ0) is 12.3. The third-order valence-corrected chi connectivity index (χ3v) is 3.76. The summed E-state index contributed by atoms with van der Waals surface area (Å²) < 4.78 is 0. The van der Waals surface area contributed by atoms with E-state index in [0.29, 0.717) is 12.5 Å². The third kappa shape index (κ3) is 3.19. The molecule has 1 amide bonds. The lowest BCUT2D eigenvalue weighted by atomic mass is 9.96. The van der Waals surface area contributed by atoms with Crippen molar-refractivity contribution in [1.29, 1.82) is 0 Å². The molecule has 4 heteroatoms. The number of nitrogens with one attached hydrogen (secondary N) is 2. The van der Waals surface area contributed by atoms with Gasteiger partial charge in [0.25, 0.3) is 0 Å². The summed E-state index contributed by atoms with van der Waals surface area (Å²) in [6, 6.07) is 0. The molecular weight excluding hydrogens is 202 g/mol. The SMILES string of the molecule is C[C@@H]1CNC[C@H]1C(=O)NCC(C)(C)N(C)C. The molecule has 94 valence electrons. The normalized spacial score (nSPS) is 26.1. The quantitative estimate of drug-likeness (QED) is 0.726. The van der Waals surface area contributed by atoms with Gasteiger partial charge in [0.2, 0.25) is 5.91 Å². The summed E-state index contributed by atoms with van der Waals surface area (Å²) in [6.07, 6.45) is 0. The van der Waals surface area contributed by atoms with Gasteiger partial charge in [0.05, 0.1) is 5.92 Å². The largest absolute Gasteiger partial charge is 0.354 e. The molecule has 1 fully saturated rings. The molecule has 1 saturated heterocycles. The van der Waals surface area contributed by atoms with E-state index in [2.05, 4.69) is 36.3 Å². The molecule has 16 heavy (non-hydrogen) atoms. The number of carbonyl (C=O) groups excluding carboxylic acids is 1. The minimum atomic E-state index is 0.00489. The molecule has 4 nitrogen and oxygen atoms in total. The van der Waals surface area contributed by atoms with Gasteiger partial charge in [-0.1, -0.05) is 6.92 Å². The minimum Gasteiger partial charge on any atom is -0.354 e. The average Bonchev–Trinajstić information content (AvgIpc) is 2.61. The van der Waals surface area contributed by atoms with Crippen LogP contribution in [0.15, 0.2) is 0 Å². The molecule has 1 rings (SSSR count). The summed E-state index contributed by atoms with van der Waals surface area (Å²) >= 11 is 0. The number of hydrogen-bond acceptors (Lipinski definition) is 3. The van der Waals surface area contributed by atoms with E-state index in [-0.39, 0.29) is 17.4 Å². The van der Waals surface area contributed by atoms with E-state index in [1.54, 1.807) is 0 Å². The van der Waals surface area contributed by atoms with Crippen LogP contribution >= 0.6 is 0 Å². The summed E-state index contributed by atoms with van der Waals surface area (Å²) in [7, 11) is 4.07. The molecule has 0 aromatic carbocycles. The van der Waals surface area contributed by atoms with E-state index in [9.17, 15) is 4.79 Å². The second-order valence-corrected chi connectivity index (χ2v) is 5.67. The second-order valence-electron chi connectivity index (χ2n) is 5.67. The van der Waals surface area contributed by atoms with Crippen molar-refractivity contribution < 1.29 is 4.79 Å². The minimum absolute atomic E-state index is 0.00489. The Balaban J connectivity index is 2.41. The van der Waals surface area contributed by atoms with Crippen LogP contribution in [0.2, 0.25) is 0 Å². The standard InChI is InChI=1S/C12H25N3O/c1-9-6-13-7-10(9)11(16)14-8-12(2,3)15(4)5/h9-10,13H,6-8H2,1-5H3,(H,14,16)/t9-,10-/m1/s1. The summed E-state index contributed by atoms with van der Waals surface area (Å²) in [6.45, 7) is 8.85. The van der Waals surface area contributed by atoms with Crippen molar-refractivity contribution in [2.45, 2.75) is 26.3 Å². The molecule has 0 unspecified atom stereocenters. The first kappa shape index (κ1) is 13.5. The molecule has 1 aliphatic rings. The second kappa shape index (κ2) is 5.15. The fraction of sp³-hybridized carbons (Fsp3) is 0.917. The molecule has 0 spiro atoms. The molecule has 2 atom stereocenters. The molecular formula is C12H25N3O. The Morgan fingerprint density at radius 1 is 1.44 bits per heavy atom. The van der Waals surface area contributed by atoms with E-state index in [0.717, 1.165) is 13.1 Å².